The third kappa shape index (κ3) is 3.28. The van der Waals surface area contributed by atoms with Crippen LogP contribution in [0.15, 0.2) is 36.7 Å². The highest BCUT2D eigenvalue weighted by Gasteiger charge is 2.13. The van der Waals surface area contributed by atoms with E-state index in [9.17, 15) is 4.79 Å². The zero-order chi connectivity index (χ0) is 17.1. The number of amides is 1. The van der Waals surface area contributed by atoms with Crippen LogP contribution in [0.2, 0.25) is 5.02 Å². The average Bonchev–Trinajstić information content (AvgIpc) is 3.03. The largest absolute Gasteiger partial charge is 0.495 e. The van der Waals surface area contributed by atoms with E-state index in [1.165, 1.54) is 14.2 Å². The summed E-state index contributed by atoms with van der Waals surface area (Å²) in [6, 6.07) is 8.90. The van der Waals surface area contributed by atoms with E-state index in [0.717, 1.165) is 16.6 Å². The van der Waals surface area contributed by atoms with Gasteiger partial charge in [0.1, 0.15) is 11.5 Å². The highest BCUT2D eigenvalue weighted by molar-refractivity contribution is 6.32. The van der Waals surface area contributed by atoms with Crippen LogP contribution in [0.25, 0.3) is 11.0 Å². The summed E-state index contributed by atoms with van der Waals surface area (Å²) in [5.74, 6) is 0.765. The van der Waals surface area contributed by atoms with Crippen molar-refractivity contribution in [2.24, 2.45) is 0 Å². The van der Waals surface area contributed by atoms with Gasteiger partial charge in [-0.3, -0.25) is 4.79 Å². The molecule has 3 rings (SSSR count). The third-order valence-electron chi connectivity index (χ3n) is 3.60. The number of hydrogen-bond acceptors (Lipinski definition) is 4. The number of benzene rings is 2. The molecule has 0 spiro atoms. The van der Waals surface area contributed by atoms with Crippen LogP contribution < -0.4 is 14.8 Å². The summed E-state index contributed by atoms with van der Waals surface area (Å²) in [6.07, 6.45) is 1.85. The highest BCUT2D eigenvalue weighted by atomic mass is 35.5. The number of aromatic nitrogens is 2. The van der Waals surface area contributed by atoms with Crippen LogP contribution in [0, 0.1) is 0 Å². The second-order valence-corrected chi connectivity index (χ2v) is 5.57. The van der Waals surface area contributed by atoms with E-state index < -0.39 is 0 Å². The van der Waals surface area contributed by atoms with E-state index in [1.807, 2.05) is 18.2 Å². The number of ether oxygens (including phenoxy) is 2. The van der Waals surface area contributed by atoms with Crippen molar-refractivity contribution < 1.29 is 14.3 Å². The number of methoxy groups -OCH3 is 2. The number of carbonyl (C=O) groups excluding carboxylic acids is 1. The lowest BCUT2D eigenvalue weighted by molar-refractivity contribution is -0.115. The molecule has 0 unspecified atom stereocenters. The molecule has 1 amide bonds. The summed E-state index contributed by atoms with van der Waals surface area (Å²) in [7, 11) is 3.03. The number of halogens is 1. The number of H-pyrrole nitrogens is 1. The molecule has 0 saturated heterocycles. The van der Waals surface area contributed by atoms with Gasteiger partial charge in [-0.05, 0) is 17.7 Å². The van der Waals surface area contributed by atoms with Crippen molar-refractivity contribution in [1.82, 2.24) is 9.97 Å². The van der Waals surface area contributed by atoms with Crippen molar-refractivity contribution in [3.63, 3.8) is 0 Å². The quantitative estimate of drug-likeness (QED) is 0.743. The van der Waals surface area contributed by atoms with Crippen molar-refractivity contribution in [2.75, 3.05) is 19.5 Å². The van der Waals surface area contributed by atoms with Gasteiger partial charge in [0, 0.05) is 12.1 Å². The number of anilines is 1. The number of nitrogens with one attached hydrogen (secondary N) is 2. The highest BCUT2D eigenvalue weighted by Crippen LogP contribution is 2.35. The predicted octanol–water partition coefficient (Wildman–Crippen LogP) is 3.41. The SMILES string of the molecule is COc1cc(NC(=O)Cc2ccc3nc[nH]c3c2)c(OC)cc1Cl. The van der Waals surface area contributed by atoms with Gasteiger partial charge in [-0.1, -0.05) is 17.7 Å². The number of rotatable bonds is 5. The molecule has 6 nitrogen and oxygen atoms in total. The van der Waals surface area contributed by atoms with Gasteiger partial charge in [0.15, 0.2) is 0 Å². The Kier molecular flexibility index (Phi) is 4.57. The van der Waals surface area contributed by atoms with Gasteiger partial charge >= 0.3 is 0 Å². The first-order chi connectivity index (χ1) is 11.6. The Labute approximate surface area is 143 Å². The minimum atomic E-state index is -0.170. The Hall–Kier alpha value is -2.73. The van der Waals surface area contributed by atoms with Gasteiger partial charge in [-0.2, -0.15) is 0 Å². The van der Waals surface area contributed by atoms with Gasteiger partial charge < -0.3 is 19.8 Å². The maximum atomic E-state index is 12.3. The normalized spacial score (nSPS) is 10.6. The van der Waals surface area contributed by atoms with E-state index in [4.69, 9.17) is 21.1 Å². The van der Waals surface area contributed by atoms with Gasteiger partial charge in [-0.15, -0.1) is 0 Å². The molecule has 0 aliphatic heterocycles. The van der Waals surface area contributed by atoms with Crippen molar-refractivity contribution in [3.8, 4) is 11.5 Å². The van der Waals surface area contributed by atoms with Crippen LogP contribution in [0.5, 0.6) is 11.5 Å². The maximum Gasteiger partial charge on any atom is 0.228 e. The van der Waals surface area contributed by atoms with E-state index in [1.54, 1.807) is 18.5 Å². The van der Waals surface area contributed by atoms with E-state index in [2.05, 4.69) is 15.3 Å². The lowest BCUT2D eigenvalue weighted by atomic mass is 10.1. The van der Waals surface area contributed by atoms with Crippen LogP contribution in [-0.2, 0) is 11.2 Å². The zero-order valence-electron chi connectivity index (χ0n) is 13.2. The van der Waals surface area contributed by atoms with E-state index in [0.29, 0.717) is 22.2 Å². The summed E-state index contributed by atoms with van der Waals surface area (Å²) in [4.78, 5) is 19.5. The van der Waals surface area contributed by atoms with Crippen LogP contribution in [-0.4, -0.2) is 30.1 Å². The van der Waals surface area contributed by atoms with Crippen molar-refractivity contribution in [2.45, 2.75) is 6.42 Å². The summed E-state index contributed by atoms with van der Waals surface area (Å²) in [5, 5.41) is 3.24. The molecule has 124 valence electrons. The second-order valence-electron chi connectivity index (χ2n) is 5.17. The molecular weight excluding hydrogens is 330 g/mol. The minimum Gasteiger partial charge on any atom is -0.495 e. The first-order valence-corrected chi connectivity index (χ1v) is 7.62. The molecule has 24 heavy (non-hydrogen) atoms. The smallest absolute Gasteiger partial charge is 0.228 e. The molecule has 0 fully saturated rings. The van der Waals surface area contributed by atoms with Crippen LogP contribution >= 0.6 is 11.6 Å². The Morgan fingerprint density at radius 1 is 1.21 bits per heavy atom. The molecule has 0 atom stereocenters. The van der Waals surface area contributed by atoms with Crippen LogP contribution in [0.4, 0.5) is 5.69 Å². The Bertz CT molecular complexity index is 892. The molecular formula is C17H16ClN3O3. The van der Waals surface area contributed by atoms with Gasteiger partial charge in [0.2, 0.25) is 5.91 Å². The first-order valence-electron chi connectivity index (χ1n) is 7.24. The lowest BCUT2D eigenvalue weighted by Gasteiger charge is -2.13. The zero-order valence-corrected chi connectivity index (χ0v) is 14.0. The van der Waals surface area contributed by atoms with Gasteiger partial charge in [0.05, 0.1) is 48.7 Å². The summed E-state index contributed by atoms with van der Waals surface area (Å²) in [6.45, 7) is 0. The second kappa shape index (κ2) is 6.80. The molecule has 0 aliphatic rings. The van der Waals surface area contributed by atoms with Gasteiger partial charge in [-0.25, -0.2) is 4.98 Å². The minimum absolute atomic E-state index is 0.170. The summed E-state index contributed by atoms with van der Waals surface area (Å²) < 4.78 is 10.4. The molecule has 0 aliphatic carbocycles. The maximum absolute atomic E-state index is 12.3. The Balaban J connectivity index is 1.78. The molecule has 2 aromatic carbocycles. The van der Waals surface area contributed by atoms with E-state index in [-0.39, 0.29) is 12.3 Å². The molecule has 0 saturated carbocycles. The molecule has 2 N–H and O–H groups in total. The van der Waals surface area contributed by atoms with Crippen LogP contribution in [0.3, 0.4) is 0 Å². The Morgan fingerprint density at radius 3 is 2.75 bits per heavy atom. The molecule has 3 aromatic rings. The molecule has 1 heterocycles. The van der Waals surface area contributed by atoms with Gasteiger partial charge in [0.25, 0.3) is 0 Å². The lowest BCUT2D eigenvalue weighted by Crippen LogP contribution is -2.15. The Morgan fingerprint density at radius 2 is 2.00 bits per heavy atom. The fraction of sp³-hybridized carbons (Fsp3) is 0.176. The van der Waals surface area contributed by atoms with Crippen LogP contribution in [0.1, 0.15) is 5.56 Å². The first kappa shape index (κ1) is 16.1. The molecule has 1 aromatic heterocycles. The number of nitrogens with zero attached hydrogens (tertiary/aromatic N) is 1. The predicted molar refractivity (Wildman–Crippen MR) is 93.0 cm³/mol. The van der Waals surface area contributed by atoms with Crippen molar-refractivity contribution >= 4 is 34.2 Å². The number of carbonyl (C=O) groups is 1. The molecule has 7 heteroatoms. The van der Waals surface area contributed by atoms with Crippen molar-refractivity contribution in [1.29, 1.82) is 0 Å². The number of aromatic amines is 1. The monoisotopic (exact) mass is 345 g/mol. The fourth-order valence-electron chi connectivity index (χ4n) is 2.43. The molecule has 0 radical (unpaired) electrons. The topological polar surface area (TPSA) is 76.2 Å². The number of imidazole rings is 1. The molecule has 0 bridgehead atoms. The summed E-state index contributed by atoms with van der Waals surface area (Å²) >= 11 is 6.06. The standard InChI is InChI=1S/C17H16ClN3O3/c1-23-15-8-14(16(24-2)7-11(15)18)21-17(22)6-10-3-4-12-13(5-10)20-9-19-12/h3-5,7-9H,6H2,1-2H3,(H,19,20)(H,21,22). The fourth-order valence-corrected chi connectivity index (χ4v) is 2.66. The number of fused-ring (bicyclic) bond motifs is 1. The van der Waals surface area contributed by atoms with Crippen molar-refractivity contribution in [3.05, 3.63) is 47.2 Å². The number of hydrogen-bond donors (Lipinski definition) is 2. The summed E-state index contributed by atoms with van der Waals surface area (Å²) in [5.41, 5.74) is 3.14. The average molecular weight is 346 g/mol. The van der Waals surface area contributed by atoms with E-state index >= 15 is 0 Å². The third-order valence-corrected chi connectivity index (χ3v) is 3.89.